The Balaban J connectivity index is 1.16. The number of hydrogen-bond acceptors (Lipinski definition) is 9. The van der Waals surface area contributed by atoms with Gasteiger partial charge in [0.1, 0.15) is 49.4 Å². The van der Waals surface area contributed by atoms with E-state index in [-0.39, 0.29) is 46.0 Å². The molecule has 0 aliphatic heterocycles. The van der Waals surface area contributed by atoms with E-state index < -0.39 is 19.7 Å². The molecule has 0 radical (unpaired) electrons. The smallest absolute Gasteiger partial charge is 0.206 e. The fourth-order valence-electron chi connectivity index (χ4n) is 3.98. The Bertz CT molecular complexity index is 1610. The van der Waals surface area contributed by atoms with E-state index in [4.69, 9.17) is 23.7 Å². The van der Waals surface area contributed by atoms with Gasteiger partial charge in [-0.3, -0.25) is 0 Å². The van der Waals surface area contributed by atoms with Gasteiger partial charge in [-0.1, -0.05) is 25.3 Å². The summed E-state index contributed by atoms with van der Waals surface area (Å²) in [7, 11) is -7.37. The number of ether oxygens (including phenoxy) is 5. The minimum atomic E-state index is -3.68. The molecule has 4 aromatic rings. The summed E-state index contributed by atoms with van der Waals surface area (Å²) < 4.78 is 79.4. The number of benzene rings is 4. The lowest BCUT2D eigenvalue weighted by Gasteiger charge is -2.10. The zero-order valence-electron chi connectivity index (χ0n) is 24.5. The fourth-order valence-corrected chi connectivity index (χ4v) is 6.50. The topological polar surface area (TPSA) is 114 Å². The molecule has 0 bridgehead atoms. The van der Waals surface area contributed by atoms with E-state index in [1.54, 1.807) is 60.7 Å². The molecule has 236 valence electrons. The van der Waals surface area contributed by atoms with E-state index >= 15 is 0 Å². The number of hydrogen-bond donors (Lipinski definition) is 0. The average molecular weight is 651 g/mol. The summed E-state index contributed by atoms with van der Waals surface area (Å²) in [6.45, 7) is 8.93. The Hall–Kier alpha value is -4.58. The molecule has 11 heteroatoms. The van der Waals surface area contributed by atoms with E-state index in [0.29, 0.717) is 36.2 Å². The third-order valence-electron chi connectivity index (χ3n) is 6.26. The predicted molar refractivity (Wildman–Crippen MR) is 170 cm³/mol. The van der Waals surface area contributed by atoms with Crippen LogP contribution in [0.5, 0.6) is 23.0 Å². The van der Waals surface area contributed by atoms with Crippen molar-refractivity contribution in [2.75, 3.05) is 39.6 Å². The van der Waals surface area contributed by atoms with E-state index in [0.717, 1.165) is 0 Å². The minimum Gasteiger partial charge on any atom is -0.491 e. The summed E-state index contributed by atoms with van der Waals surface area (Å²) in [4.78, 5) is 0.626. The lowest BCUT2D eigenvalue weighted by molar-refractivity contribution is 0.0764. The molecule has 0 unspecified atom stereocenters. The highest BCUT2D eigenvalue weighted by Gasteiger charge is 2.19. The van der Waals surface area contributed by atoms with Crippen LogP contribution in [0.2, 0.25) is 0 Å². The summed E-state index contributed by atoms with van der Waals surface area (Å²) in [5.74, 6) is 2.13. The molecule has 4 aromatic carbocycles. The van der Waals surface area contributed by atoms with Crippen LogP contribution in [0.4, 0.5) is 0 Å². The zero-order chi connectivity index (χ0) is 32.1. The van der Waals surface area contributed by atoms with Crippen LogP contribution in [0.3, 0.4) is 0 Å². The third kappa shape index (κ3) is 9.21. The molecule has 0 saturated heterocycles. The van der Waals surface area contributed by atoms with Gasteiger partial charge in [-0.25, -0.2) is 16.8 Å². The van der Waals surface area contributed by atoms with E-state index in [1.165, 1.54) is 48.5 Å². The maximum Gasteiger partial charge on any atom is 0.206 e. The first kappa shape index (κ1) is 33.3. The van der Waals surface area contributed by atoms with Gasteiger partial charge in [-0.15, -0.1) is 0 Å². The molecule has 0 aliphatic carbocycles. The summed E-state index contributed by atoms with van der Waals surface area (Å²) in [6, 6.07) is 24.8. The Kier molecular flexibility index (Phi) is 11.8. The molecule has 0 saturated carbocycles. The van der Waals surface area contributed by atoms with Crippen molar-refractivity contribution in [2.24, 2.45) is 0 Å². The van der Waals surface area contributed by atoms with Crippen molar-refractivity contribution in [3.8, 4) is 23.0 Å². The molecule has 0 fully saturated rings. The van der Waals surface area contributed by atoms with E-state index in [9.17, 15) is 16.8 Å². The summed E-state index contributed by atoms with van der Waals surface area (Å²) in [5.41, 5.74) is 0. The molecule has 45 heavy (non-hydrogen) atoms. The second-order valence-electron chi connectivity index (χ2n) is 9.40. The van der Waals surface area contributed by atoms with Gasteiger partial charge in [0, 0.05) is 0 Å². The van der Waals surface area contributed by atoms with Gasteiger partial charge in [0.25, 0.3) is 0 Å². The van der Waals surface area contributed by atoms with Crippen molar-refractivity contribution in [1.29, 1.82) is 0 Å². The molecule has 0 amide bonds. The molecule has 0 spiro atoms. The van der Waals surface area contributed by atoms with Crippen molar-refractivity contribution >= 4 is 19.7 Å². The summed E-state index contributed by atoms with van der Waals surface area (Å²) in [5, 5.41) is 0. The Morgan fingerprint density at radius 1 is 0.422 bits per heavy atom. The van der Waals surface area contributed by atoms with Gasteiger partial charge in [-0.2, -0.15) is 0 Å². The van der Waals surface area contributed by atoms with Crippen LogP contribution < -0.4 is 18.9 Å². The largest absolute Gasteiger partial charge is 0.491 e. The number of sulfone groups is 2. The molecule has 0 N–H and O–H groups in total. The zero-order valence-corrected chi connectivity index (χ0v) is 26.2. The van der Waals surface area contributed by atoms with Crippen molar-refractivity contribution < 1.29 is 40.5 Å². The second-order valence-corrected chi connectivity index (χ2v) is 13.3. The van der Waals surface area contributed by atoms with Crippen LogP contribution in [-0.2, 0) is 24.4 Å². The first-order valence-corrected chi connectivity index (χ1v) is 16.9. The standard InChI is InChI=1S/C34H34O9S2/c1-3-21-40-27-5-13-31(14-6-27)44(35,36)33-17-9-29(10-18-33)42-25-23-39-24-26-43-30-11-19-34(20-12-30)45(37,38)32-15-7-28(8-16-32)41-22-4-2/h3-20H,1-2,21-26H2. The fraction of sp³-hybridized carbons (Fsp3) is 0.176. The third-order valence-corrected chi connectivity index (χ3v) is 9.84. The maximum absolute atomic E-state index is 12.9. The predicted octanol–water partition coefficient (Wildman–Crippen LogP) is 5.96. The van der Waals surface area contributed by atoms with Crippen LogP contribution in [0.25, 0.3) is 0 Å². The minimum absolute atomic E-state index is 0.150. The summed E-state index contributed by atoms with van der Waals surface area (Å²) in [6.07, 6.45) is 3.22. The normalized spacial score (nSPS) is 11.4. The van der Waals surface area contributed by atoms with Crippen LogP contribution in [0.15, 0.2) is 142 Å². The SMILES string of the molecule is C=CCOc1ccc(S(=O)(=O)c2ccc(OCCOCCOc3ccc(S(=O)(=O)c4ccc(OCC=C)cc4)cc3)cc2)cc1. The highest BCUT2D eigenvalue weighted by Crippen LogP contribution is 2.26. The van der Waals surface area contributed by atoms with Crippen LogP contribution >= 0.6 is 0 Å². The van der Waals surface area contributed by atoms with Gasteiger partial charge >= 0.3 is 0 Å². The molecule has 4 rings (SSSR count). The van der Waals surface area contributed by atoms with Crippen molar-refractivity contribution in [3.63, 3.8) is 0 Å². The van der Waals surface area contributed by atoms with Crippen molar-refractivity contribution in [3.05, 3.63) is 122 Å². The highest BCUT2D eigenvalue weighted by molar-refractivity contribution is 7.91. The van der Waals surface area contributed by atoms with E-state index in [2.05, 4.69) is 13.2 Å². The molecular weight excluding hydrogens is 616 g/mol. The number of rotatable bonds is 18. The van der Waals surface area contributed by atoms with Gasteiger partial charge in [0.15, 0.2) is 0 Å². The Morgan fingerprint density at radius 3 is 0.956 bits per heavy atom. The molecule has 0 atom stereocenters. The van der Waals surface area contributed by atoms with Gasteiger partial charge in [-0.05, 0) is 97.1 Å². The summed E-state index contributed by atoms with van der Waals surface area (Å²) >= 11 is 0. The molecule has 9 nitrogen and oxygen atoms in total. The van der Waals surface area contributed by atoms with Crippen LogP contribution in [0, 0.1) is 0 Å². The van der Waals surface area contributed by atoms with Gasteiger partial charge < -0.3 is 23.7 Å². The quantitative estimate of drug-likeness (QED) is 0.0951. The Morgan fingerprint density at radius 2 is 0.689 bits per heavy atom. The van der Waals surface area contributed by atoms with Crippen molar-refractivity contribution in [1.82, 2.24) is 0 Å². The van der Waals surface area contributed by atoms with Gasteiger partial charge in [0.05, 0.1) is 32.8 Å². The average Bonchev–Trinajstić information content (AvgIpc) is 3.06. The second kappa shape index (κ2) is 15.9. The Labute approximate surface area is 264 Å². The molecule has 0 aromatic heterocycles. The van der Waals surface area contributed by atoms with Crippen LogP contribution in [-0.4, -0.2) is 56.5 Å². The highest BCUT2D eigenvalue weighted by atomic mass is 32.2. The van der Waals surface area contributed by atoms with Gasteiger partial charge in [0.2, 0.25) is 19.7 Å². The maximum atomic E-state index is 12.9. The van der Waals surface area contributed by atoms with E-state index in [1.807, 2.05) is 0 Å². The molecule has 0 heterocycles. The molecule has 0 aliphatic rings. The first-order valence-electron chi connectivity index (χ1n) is 14.0. The first-order chi connectivity index (χ1) is 21.7. The van der Waals surface area contributed by atoms with Crippen molar-refractivity contribution in [2.45, 2.75) is 19.6 Å². The van der Waals surface area contributed by atoms with Crippen LogP contribution in [0.1, 0.15) is 0 Å². The lowest BCUT2D eigenvalue weighted by atomic mass is 10.3. The lowest BCUT2D eigenvalue weighted by Crippen LogP contribution is -2.12. The molecular formula is C34H34O9S2. The monoisotopic (exact) mass is 650 g/mol.